The van der Waals surface area contributed by atoms with Crippen LogP contribution in [0.25, 0.3) is 0 Å². The number of hydrogen-bond acceptors (Lipinski definition) is 7. The average molecular weight is 424 g/mol. The Balaban J connectivity index is 1.94. The predicted molar refractivity (Wildman–Crippen MR) is 114 cm³/mol. The van der Waals surface area contributed by atoms with E-state index < -0.39 is 29.6 Å². The first-order valence-electron chi connectivity index (χ1n) is 8.87. The molecule has 2 rings (SSSR count). The molecule has 9 heteroatoms. The molecule has 1 aliphatic heterocycles. The van der Waals surface area contributed by atoms with Gasteiger partial charge in [-0.3, -0.25) is 15.1 Å². The topological polar surface area (TPSA) is 96.9 Å². The van der Waals surface area contributed by atoms with Crippen molar-refractivity contribution in [2.75, 3.05) is 12.3 Å². The van der Waals surface area contributed by atoms with Gasteiger partial charge in [0.25, 0.3) is 5.91 Å². The number of urea groups is 1. The Morgan fingerprint density at radius 1 is 1.29 bits per heavy atom. The molecular weight excluding hydrogens is 398 g/mol. The van der Waals surface area contributed by atoms with Crippen molar-refractivity contribution in [2.24, 2.45) is 4.99 Å². The molecule has 0 saturated carbocycles. The Bertz CT molecular complexity index is 775. The Morgan fingerprint density at radius 2 is 2.00 bits per heavy atom. The van der Waals surface area contributed by atoms with Crippen LogP contribution in [0.5, 0.6) is 0 Å². The fourth-order valence-corrected chi connectivity index (χ4v) is 4.26. The van der Waals surface area contributed by atoms with Crippen LogP contribution < -0.4 is 10.6 Å². The third kappa shape index (κ3) is 7.20. The Hall–Kier alpha value is -2.00. The van der Waals surface area contributed by atoms with Crippen molar-refractivity contribution >= 4 is 45.8 Å². The molecule has 2 N–H and O–H groups in total. The summed E-state index contributed by atoms with van der Waals surface area (Å²) in [5, 5.41) is 4.80. The standard InChI is InChI=1S/C19H25N3O4S2/c1-12(15(23)21-17(25)22-19(2,3)4)26-16(24)14-8-6-5-7-13(14)11-28-18-20-9-10-27-18/h5-8,12H,9-11H2,1-4H3,(H2,21,22,23,25)/t12-/m1/s1. The van der Waals surface area contributed by atoms with Gasteiger partial charge in [0.15, 0.2) is 6.10 Å². The van der Waals surface area contributed by atoms with Crippen molar-refractivity contribution in [1.82, 2.24) is 10.6 Å². The minimum absolute atomic E-state index is 0.400. The molecule has 0 fully saturated rings. The van der Waals surface area contributed by atoms with Gasteiger partial charge in [-0.25, -0.2) is 9.59 Å². The molecule has 1 heterocycles. The molecule has 1 aromatic rings. The van der Waals surface area contributed by atoms with E-state index in [9.17, 15) is 14.4 Å². The smallest absolute Gasteiger partial charge is 0.339 e. The summed E-state index contributed by atoms with van der Waals surface area (Å²) in [7, 11) is 0. The number of nitrogens with one attached hydrogen (secondary N) is 2. The van der Waals surface area contributed by atoms with Gasteiger partial charge in [0.2, 0.25) is 0 Å². The molecule has 28 heavy (non-hydrogen) atoms. The summed E-state index contributed by atoms with van der Waals surface area (Å²) in [5.74, 6) is 0.294. The molecule has 0 saturated heterocycles. The van der Waals surface area contributed by atoms with Crippen LogP contribution in [0.4, 0.5) is 4.79 Å². The molecule has 7 nitrogen and oxygen atoms in total. The van der Waals surface area contributed by atoms with E-state index in [0.29, 0.717) is 11.3 Å². The molecule has 0 aromatic heterocycles. The van der Waals surface area contributed by atoms with Crippen LogP contribution in [0, 0.1) is 0 Å². The maximum absolute atomic E-state index is 12.5. The van der Waals surface area contributed by atoms with Gasteiger partial charge in [-0.1, -0.05) is 41.7 Å². The summed E-state index contributed by atoms with van der Waals surface area (Å²) < 4.78 is 6.28. The number of imide groups is 1. The van der Waals surface area contributed by atoms with Crippen molar-refractivity contribution < 1.29 is 19.1 Å². The van der Waals surface area contributed by atoms with Crippen LogP contribution in [0.1, 0.15) is 43.6 Å². The van der Waals surface area contributed by atoms with Crippen molar-refractivity contribution in [3.63, 3.8) is 0 Å². The number of amides is 3. The van der Waals surface area contributed by atoms with Gasteiger partial charge >= 0.3 is 12.0 Å². The van der Waals surface area contributed by atoms with Crippen molar-refractivity contribution in [1.29, 1.82) is 0 Å². The minimum atomic E-state index is -1.10. The van der Waals surface area contributed by atoms with Crippen LogP contribution in [0.2, 0.25) is 0 Å². The summed E-state index contributed by atoms with van der Waals surface area (Å²) >= 11 is 3.29. The fraction of sp³-hybridized carbons (Fsp3) is 0.474. The van der Waals surface area contributed by atoms with Gasteiger partial charge in [-0.15, -0.1) is 0 Å². The van der Waals surface area contributed by atoms with Gasteiger partial charge in [-0.05, 0) is 39.3 Å². The van der Waals surface area contributed by atoms with Gasteiger partial charge in [0.05, 0.1) is 12.1 Å². The van der Waals surface area contributed by atoms with Crippen molar-refractivity contribution in [2.45, 2.75) is 45.1 Å². The number of carbonyl (C=O) groups is 3. The number of esters is 1. The number of rotatable bonds is 5. The summed E-state index contributed by atoms with van der Waals surface area (Å²) in [5.41, 5.74) is 0.728. The van der Waals surface area contributed by atoms with E-state index in [1.165, 1.54) is 6.92 Å². The highest BCUT2D eigenvalue weighted by Gasteiger charge is 2.24. The first kappa shape index (κ1) is 22.3. The number of hydrogen-bond donors (Lipinski definition) is 2. The normalized spacial score (nSPS) is 14.8. The zero-order valence-corrected chi connectivity index (χ0v) is 18.0. The number of carbonyl (C=O) groups excluding carboxylic acids is 3. The third-order valence-electron chi connectivity index (χ3n) is 3.52. The Morgan fingerprint density at radius 3 is 2.64 bits per heavy atom. The van der Waals surface area contributed by atoms with E-state index in [1.807, 2.05) is 12.1 Å². The zero-order chi connectivity index (χ0) is 20.7. The van der Waals surface area contributed by atoms with Gasteiger partial charge in [0, 0.05) is 17.0 Å². The third-order valence-corrected chi connectivity index (χ3v) is 5.83. The first-order chi connectivity index (χ1) is 13.2. The van der Waals surface area contributed by atoms with Gasteiger partial charge in [0.1, 0.15) is 4.38 Å². The van der Waals surface area contributed by atoms with Gasteiger partial charge < -0.3 is 10.1 Å². The van der Waals surface area contributed by atoms with E-state index in [2.05, 4.69) is 15.6 Å². The second-order valence-electron chi connectivity index (χ2n) is 7.18. The molecule has 0 unspecified atom stereocenters. The van der Waals surface area contributed by atoms with E-state index in [-0.39, 0.29) is 0 Å². The van der Waals surface area contributed by atoms with Crippen LogP contribution >= 0.6 is 23.5 Å². The van der Waals surface area contributed by atoms with Crippen molar-refractivity contribution in [3.8, 4) is 0 Å². The quantitative estimate of drug-likeness (QED) is 0.706. The molecular formula is C19H25N3O4S2. The highest BCUT2D eigenvalue weighted by molar-refractivity contribution is 8.38. The van der Waals surface area contributed by atoms with E-state index in [1.54, 1.807) is 56.4 Å². The summed E-state index contributed by atoms with van der Waals surface area (Å²) in [6.45, 7) is 7.65. The Labute approximate surface area is 173 Å². The molecule has 0 aliphatic carbocycles. The number of benzene rings is 1. The fourth-order valence-electron chi connectivity index (χ4n) is 2.25. The van der Waals surface area contributed by atoms with E-state index in [4.69, 9.17) is 4.74 Å². The lowest BCUT2D eigenvalue weighted by atomic mass is 10.1. The lowest BCUT2D eigenvalue weighted by Gasteiger charge is -2.21. The molecule has 1 aliphatic rings. The zero-order valence-electron chi connectivity index (χ0n) is 16.4. The summed E-state index contributed by atoms with van der Waals surface area (Å²) in [4.78, 5) is 40.8. The molecule has 0 bridgehead atoms. The minimum Gasteiger partial charge on any atom is -0.449 e. The number of ether oxygens (including phenoxy) is 1. The number of nitrogens with zero attached hydrogens (tertiary/aromatic N) is 1. The second kappa shape index (κ2) is 9.97. The first-order valence-corrected chi connectivity index (χ1v) is 10.8. The molecule has 1 aromatic carbocycles. The maximum Gasteiger partial charge on any atom is 0.339 e. The lowest BCUT2D eigenvalue weighted by Crippen LogP contribution is -2.50. The molecule has 152 valence electrons. The SMILES string of the molecule is C[C@@H](OC(=O)c1ccccc1CSC1=NCCS1)C(=O)NC(=O)NC(C)(C)C. The molecule has 1 atom stereocenters. The number of aliphatic imine (C=N–C) groups is 1. The summed E-state index contributed by atoms with van der Waals surface area (Å²) in [6.07, 6.45) is -1.10. The molecule has 0 spiro atoms. The lowest BCUT2D eigenvalue weighted by molar-refractivity contribution is -0.127. The van der Waals surface area contributed by atoms with E-state index in [0.717, 1.165) is 22.2 Å². The highest BCUT2D eigenvalue weighted by Crippen LogP contribution is 2.26. The molecule has 0 radical (unpaired) electrons. The Kier molecular flexibility index (Phi) is 7.94. The molecule has 3 amide bonds. The van der Waals surface area contributed by atoms with Crippen LogP contribution in [0.15, 0.2) is 29.3 Å². The monoisotopic (exact) mass is 423 g/mol. The highest BCUT2D eigenvalue weighted by atomic mass is 32.2. The van der Waals surface area contributed by atoms with Crippen LogP contribution in [0.3, 0.4) is 0 Å². The van der Waals surface area contributed by atoms with E-state index >= 15 is 0 Å². The average Bonchev–Trinajstić information content (AvgIpc) is 3.11. The summed E-state index contributed by atoms with van der Waals surface area (Å²) in [6, 6.07) is 6.48. The second-order valence-corrected chi connectivity index (χ2v) is 9.49. The van der Waals surface area contributed by atoms with Crippen molar-refractivity contribution in [3.05, 3.63) is 35.4 Å². The predicted octanol–water partition coefficient (Wildman–Crippen LogP) is 3.19. The largest absolute Gasteiger partial charge is 0.449 e. The van der Waals surface area contributed by atoms with Crippen LogP contribution in [-0.2, 0) is 15.3 Å². The maximum atomic E-state index is 12.5. The van der Waals surface area contributed by atoms with Gasteiger partial charge in [-0.2, -0.15) is 0 Å². The number of thioether (sulfide) groups is 2. The van der Waals surface area contributed by atoms with Crippen LogP contribution in [-0.4, -0.2) is 46.2 Å².